The highest BCUT2D eigenvalue weighted by Gasteiger charge is 2.17. The smallest absolute Gasteiger partial charge is 0.326 e. The molecule has 0 radical (unpaired) electrons. The van der Waals surface area contributed by atoms with E-state index in [2.05, 4.69) is 26.6 Å². The van der Waals surface area contributed by atoms with Crippen molar-refractivity contribution < 1.29 is 14.7 Å². The minimum Gasteiger partial charge on any atom is -0.480 e. The third kappa shape index (κ3) is 3.73. The number of rotatable bonds is 4. The molecule has 0 bridgehead atoms. The van der Waals surface area contributed by atoms with E-state index in [-0.39, 0.29) is 0 Å². The fourth-order valence-corrected chi connectivity index (χ4v) is 1.76. The first kappa shape index (κ1) is 14.5. The Hall–Kier alpha value is -1.56. The molecule has 0 unspecified atom stereocenters. The Morgan fingerprint density at radius 2 is 2.11 bits per heavy atom. The highest BCUT2D eigenvalue weighted by Crippen LogP contribution is 2.25. The molecule has 2 amide bonds. The van der Waals surface area contributed by atoms with Gasteiger partial charge in [-0.05, 0) is 40.9 Å². The summed E-state index contributed by atoms with van der Waals surface area (Å²) in [5, 5.41) is 13.8. The SMILES string of the molecule is CC[C@@H](NC(=O)Nc1cccc(C)c1Br)C(=O)O. The second-order valence-corrected chi connectivity index (χ2v) is 4.63. The molecule has 0 aromatic heterocycles. The van der Waals surface area contributed by atoms with Crippen LogP contribution in [0.25, 0.3) is 0 Å². The Bertz CT molecular complexity index is 463. The van der Waals surface area contributed by atoms with Crippen molar-refractivity contribution in [1.82, 2.24) is 5.32 Å². The lowest BCUT2D eigenvalue weighted by molar-refractivity contribution is -0.139. The van der Waals surface area contributed by atoms with Crippen molar-refractivity contribution in [3.63, 3.8) is 0 Å². The third-order valence-corrected chi connectivity index (χ3v) is 3.50. The number of hydrogen-bond acceptors (Lipinski definition) is 2. The van der Waals surface area contributed by atoms with Crippen molar-refractivity contribution in [2.45, 2.75) is 26.3 Å². The number of nitrogens with one attached hydrogen (secondary N) is 2. The molecular weight excluding hydrogens is 300 g/mol. The number of aryl methyl sites for hydroxylation is 1. The van der Waals surface area contributed by atoms with Crippen LogP contribution in [-0.2, 0) is 4.79 Å². The summed E-state index contributed by atoms with van der Waals surface area (Å²) in [4.78, 5) is 22.4. The lowest BCUT2D eigenvalue weighted by atomic mass is 10.2. The van der Waals surface area contributed by atoms with E-state index in [4.69, 9.17) is 5.11 Å². The fourth-order valence-electron chi connectivity index (χ4n) is 1.40. The molecule has 1 atom stereocenters. The van der Waals surface area contributed by atoms with Crippen LogP contribution in [0.2, 0.25) is 0 Å². The Morgan fingerprint density at radius 1 is 1.44 bits per heavy atom. The summed E-state index contributed by atoms with van der Waals surface area (Å²) < 4.78 is 0.781. The summed E-state index contributed by atoms with van der Waals surface area (Å²) in [6.07, 6.45) is 0.331. The van der Waals surface area contributed by atoms with Crippen LogP contribution in [-0.4, -0.2) is 23.1 Å². The average Bonchev–Trinajstić information content (AvgIpc) is 2.31. The molecule has 1 aromatic rings. The molecular formula is C12H15BrN2O3. The maximum Gasteiger partial charge on any atom is 0.326 e. The van der Waals surface area contributed by atoms with Gasteiger partial charge >= 0.3 is 12.0 Å². The van der Waals surface area contributed by atoms with Gasteiger partial charge in [0.15, 0.2) is 0 Å². The first-order valence-electron chi connectivity index (χ1n) is 5.51. The van der Waals surface area contributed by atoms with E-state index < -0.39 is 18.0 Å². The van der Waals surface area contributed by atoms with Gasteiger partial charge in [0, 0.05) is 4.47 Å². The Morgan fingerprint density at radius 3 is 2.67 bits per heavy atom. The van der Waals surface area contributed by atoms with Crippen LogP contribution in [0, 0.1) is 6.92 Å². The van der Waals surface area contributed by atoms with Gasteiger partial charge in [0.2, 0.25) is 0 Å². The highest BCUT2D eigenvalue weighted by molar-refractivity contribution is 9.10. The van der Waals surface area contributed by atoms with Crippen molar-refractivity contribution >= 4 is 33.6 Å². The molecule has 98 valence electrons. The number of urea groups is 1. The Kier molecular flexibility index (Phi) is 5.15. The first-order chi connectivity index (χ1) is 8.45. The fraction of sp³-hybridized carbons (Fsp3) is 0.333. The van der Waals surface area contributed by atoms with Crippen LogP contribution in [0.5, 0.6) is 0 Å². The zero-order valence-corrected chi connectivity index (χ0v) is 11.7. The van der Waals surface area contributed by atoms with E-state index in [1.54, 1.807) is 13.0 Å². The zero-order chi connectivity index (χ0) is 13.7. The predicted molar refractivity (Wildman–Crippen MR) is 72.7 cm³/mol. The molecule has 0 heterocycles. The van der Waals surface area contributed by atoms with E-state index in [0.29, 0.717) is 12.1 Å². The van der Waals surface area contributed by atoms with Gasteiger partial charge in [0.05, 0.1) is 5.69 Å². The van der Waals surface area contributed by atoms with E-state index in [1.807, 2.05) is 19.1 Å². The van der Waals surface area contributed by atoms with Crippen molar-refractivity contribution in [3.8, 4) is 0 Å². The van der Waals surface area contributed by atoms with Crippen molar-refractivity contribution in [2.24, 2.45) is 0 Å². The second kappa shape index (κ2) is 6.39. The standard InChI is InChI=1S/C12H15BrN2O3/c1-3-8(11(16)17)14-12(18)15-9-6-4-5-7(2)10(9)13/h4-6,8H,3H2,1-2H3,(H,16,17)(H2,14,15,18)/t8-/m1/s1. The van der Waals surface area contributed by atoms with Gasteiger partial charge in [0.1, 0.15) is 6.04 Å². The maximum absolute atomic E-state index is 11.6. The molecule has 0 aliphatic heterocycles. The number of amides is 2. The van der Waals surface area contributed by atoms with Crippen molar-refractivity contribution in [2.75, 3.05) is 5.32 Å². The van der Waals surface area contributed by atoms with Gasteiger partial charge in [-0.2, -0.15) is 0 Å². The summed E-state index contributed by atoms with van der Waals surface area (Å²) in [6.45, 7) is 3.60. The van der Waals surface area contributed by atoms with E-state index in [1.165, 1.54) is 0 Å². The summed E-state index contributed by atoms with van der Waals surface area (Å²) in [5.74, 6) is -1.05. The lowest BCUT2D eigenvalue weighted by Gasteiger charge is -2.14. The van der Waals surface area contributed by atoms with Crippen LogP contribution in [0.1, 0.15) is 18.9 Å². The molecule has 5 nitrogen and oxygen atoms in total. The number of carboxylic acids is 1. The number of carbonyl (C=O) groups excluding carboxylic acids is 1. The Balaban J connectivity index is 2.70. The van der Waals surface area contributed by atoms with Crippen molar-refractivity contribution in [3.05, 3.63) is 28.2 Å². The molecule has 0 aliphatic rings. The average molecular weight is 315 g/mol. The number of benzene rings is 1. The summed E-state index contributed by atoms with van der Waals surface area (Å²) in [5.41, 5.74) is 1.59. The second-order valence-electron chi connectivity index (χ2n) is 3.83. The monoisotopic (exact) mass is 314 g/mol. The number of halogens is 1. The van der Waals surface area contributed by atoms with E-state index in [9.17, 15) is 9.59 Å². The van der Waals surface area contributed by atoms with Crippen LogP contribution in [0.15, 0.2) is 22.7 Å². The van der Waals surface area contributed by atoms with E-state index in [0.717, 1.165) is 10.0 Å². The van der Waals surface area contributed by atoms with Gasteiger partial charge < -0.3 is 15.7 Å². The van der Waals surface area contributed by atoms with Gasteiger partial charge in [0.25, 0.3) is 0 Å². The third-order valence-electron chi connectivity index (χ3n) is 2.45. The van der Waals surface area contributed by atoms with Crippen LogP contribution < -0.4 is 10.6 Å². The minimum absolute atomic E-state index is 0.331. The summed E-state index contributed by atoms with van der Waals surface area (Å²) in [6, 6.07) is 4.03. The molecule has 1 aromatic carbocycles. The number of aliphatic carboxylic acids is 1. The summed E-state index contributed by atoms with van der Waals surface area (Å²) >= 11 is 3.36. The van der Waals surface area contributed by atoms with Crippen molar-refractivity contribution in [1.29, 1.82) is 0 Å². The molecule has 0 saturated heterocycles. The quantitative estimate of drug-likeness (QED) is 0.799. The maximum atomic E-state index is 11.6. The molecule has 0 spiro atoms. The molecule has 0 saturated carbocycles. The highest BCUT2D eigenvalue weighted by atomic mass is 79.9. The van der Waals surface area contributed by atoms with Gasteiger partial charge in [-0.15, -0.1) is 0 Å². The normalized spacial score (nSPS) is 11.7. The van der Waals surface area contributed by atoms with E-state index >= 15 is 0 Å². The van der Waals surface area contributed by atoms with Gasteiger partial charge in [-0.25, -0.2) is 9.59 Å². The first-order valence-corrected chi connectivity index (χ1v) is 6.30. The molecule has 1 rings (SSSR count). The summed E-state index contributed by atoms with van der Waals surface area (Å²) in [7, 11) is 0. The molecule has 0 aliphatic carbocycles. The molecule has 6 heteroatoms. The largest absolute Gasteiger partial charge is 0.480 e. The number of hydrogen-bond donors (Lipinski definition) is 3. The molecule has 3 N–H and O–H groups in total. The molecule has 0 fully saturated rings. The van der Waals surface area contributed by atoms with Gasteiger partial charge in [-0.1, -0.05) is 19.1 Å². The topological polar surface area (TPSA) is 78.4 Å². The number of carbonyl (C=O) groups is 2. The number of anilines is 1. The lowest BCUT2D eigenvalue weighted by Crippen LogP contribution is -2.42. The minimum atomic E-state index is -1.05. The van der Waals surface area contributed by atoms with Gasteiger partial charge in [-0.3, -0.25) is 0 Å². The molecule has 18 heavy (non-hydrogen) atoms. The van der Waals surface area contributed by atoms with Crippen LogP contribution in [0.3, 0.4) is 0 Å². The zero-order valence-electron chi connectivity index (χ0n) is 10.2. The van der Waals surface area contributed by atoms with Crippen LogP contribution in [0.4, 0.5) is 10.5 Å². The Labute approximate surface area is 114 Å². The number of carboxylic acid groups (broad SMARTS) is 1. The predicted octanol–water partition coefficient (Wildman–Crippen LogP) is 2.74. The van der Waals surface area contributed by atoms with Crippen LogP contribution >= 0.6 is 15.9 Å².